The Balaban J connectivity index is 1.51. The third kappa shape index (κ3) is 5.88. The van der Waals surface area contributed by atoms with Gasteiger partial charge in [0.2, 0.25) is 11.8 Å². The Bertz CT molecular complexity index is 1670. The van der Waals surface area contributed by atoms with Crippen LogP contribution in [0.25, 0.3) is 0 Å². The number of cyclic esters (lactones) is 1. The van der Waals surface area contributed by atoms with Gasteiger partial charge in [-0.2, -0.15) is 0 Å². The van der Waals surface area contributed by atoms with E-state index in [1.54, 1.807) is 29.0 Å². The molecule has 5 bridgehead atoms. The molecule has 2 fully saturated rings. The fourth-order valence-electron chi connectivity index (χ4n) is 8.00. The number of rotatable bonds is 5. The van der Waals surface area contributed by atoms with E-state index in [-0.39, 0.29) is 37.3 Å². The number of aliphatic hydroxyl groups excluding tert-OH is 1. The number of likely N-dealkylation sites (N-methyl/N-ethyl adjacent to an activating group) is 1. The fourth-order valence-corrected chi connectivity index (χ4v) is 8.00. The van der Waals surface area contributed by atoms with E-state index >= 15 is 4.79 Å². The second-order valence-electron chi connectivity index (χ2n) is 14.2. The van der Waals surface area contributed by atoms with Crippen LogP contribution >= 0.6 is 0 Å². The highest BCUT2D eigenvalue weighted by molar-refractivity contribution is 6.06. The number of carbonyl (C=O) groups is 4. The van der Waals surface area contributed by atoms with Gasteiger partial charge in [-0.25, -0.2) is 0 Å². The molecule has 0 aliphatic carbocycles. The highest BCUT2D eigenvalue weighted by Crippen LogP contribution is 2.57. The predicted molar refractivity (Wildman–Crippen MR) is 184 cm³/mol. The number of hydrogen-bond donors (Lipinski definition) is 1. The highest BCUT2D eigenvalue weighted by atomic mass is 16.6. The molecule has 0 aromatic heterocycles. The smallest absolute Gasteiger partial charge is 0.313 e. The quantitative estimate of drug-likeness (QED) is 0.373. The number of amides is 3. The van der Waals surface area contributed by atoms with E-state index in [1.165, 1.54) is 4.90 Å². The molecule has 4 aliphatic rings. The van der Waals surface area contributed by atoms with Crippen molar-refractivity contribution >= 4 is 29.4 Å². The molecule has 260 valence electrons. The van der Waals surface area contributed by atoms with Crippen molar-refractivity contribution in [1.29, 1.82) is 0 Å². The van der Waals surface area contributed by atoms with Gasteiger partial charge in [-0.05, 0) is 55.9 Å². The molecular formula is C39H47N3O7. The van der Waals surface area contributed by atoms with E-state index in [1.807, 2.05) is 95.3 Å². The van der Waals surface area contributed by atoms with E-state index in [2.05, 4.69) is 0 Å². The number of fused-ring (bicyclic) bond motifs is 2. The van der Waals surface area contributed by atoms with Crippen LogP contribution in [0.4, 0.5) is 5.69 Å². The van der Waals surface area contributed by atoms with Crippen LogP contribution in [0.15, 0.2) is 72.8 Å². The number of hydrogen-bond acceptors (Lipinski definition) is 7. The molecule has 2 aromatic rings. The summed E-state index contributed by atoms with van der Waals surface area (Å²) in [6, 6.07) is 12.8. The summed E-state index contributed by atoms with van der Waals surface area (Å²) in [4.78, 5) is 62.5. The maximum Gasteiger partial charge on any atom is 0.313 e. The van der Waals surface area contributed by atoms with Crippen molar-refractivity contribution in [1.82, 2.24) is 9.80 Å². The molecule has 10 heteroatoms. The summed E-state index contributed by atoms with van der Waals surface area (Å²) in [6.07, 6.45) is 6.37. The van der Waals surface area contributed by atoms with E-state index in [0.29, 0.717) is 17.7 Å². The third-order valence-corrected chi connectivity index (χ3v) is 10.8. The molecule has 8 atom stereocenters. The van der Waals surface area contributed by atoms with Gasteiger partial charge in [0.15, 0.2) is 0 Å². The molecule has 2 saturated heterocycles. The average molecular weight is 670 g/mol. The zero-order chi connectivity index (χ0) is 35.2. The molecule has 0 radical (unpaired) electrons. The summed E-state index contributed by atoms with van der Waals surface area (Å²) in [5.41, 5.74) is 1.79. The highest BCUT2D eigenvalue weighted by Gasteiger charge is 2.74. The number of carbonyl (C=O) groups excluding carboxylic acids is 4. The van der Waals surface area contributed by atoms with E-state index in [4.69, 9.17) is 9.47 Å². The number of aliphatic hydroxyl groups is 1. The van der Waals surface area contributed by atoms with Crippen LogP contribution < -0.4 is 4.90 Å². The Morgan fingerprint density at radius 1 is 1.00 bits per heavy atom. The molecule has 0 saturated carbocycles. The second-order valence-corrected chi connectivity index (χ2v) is 14.2. The summed E-state index contributed by atoms with van der Waals surface area (Å²) in [6.45, 7) is 9.34. The number of likely N-dealkylation sites (tertiary alicyclic amines) is 1. The van der Waals surface area contributed by atoms with E-state index in [0.717, 1.165) is 11.1 Å². The van der Waals surface area contributed by atoms with Gasteiger partial charge in [-0.1, -0.05) is 80.6 Å². The van der Waals surface area contributed by atoms with Gasteiger partial charge in [-0.3, -0.25) is 19.2 Å². The number of esters is 1. The molecule has 3 amide bonds. The molecule has 2 aromatic carbocycles. The molecule has 4 heterocycles. The lowest BCUT2D eigenvalue weighted by molar-refractivity contribution is -0.164. The SMILES string of the molecule is Cc1ccc(C)c(N2C/C=C\CCC(=O)N(C)[C@H](C)[C@@H](c3ccccc3)OC(=O)[C@@H]3[C@@H]4C=C[C@]5(O4)[C@H](C2=O)N([C@@H](CO)C(C)C)C(=O)[C@@H]35)c1. The first-order valence-electron chi connectivity index (χ1n) is 17.3. The molecule has 49 heavy (non-hydrogen) atoms. The summed E-state index contributed by atoms with van der Waals surface area (Å²) in [5, 5.41) is 10.7. The van der Waals surface area contributed by atoms with Gasteiger partial charge >= 0.3 is 5.97 Å². The minimum atomic E-state index is -1.45. The number of ether oxygens (including phenoxy) is 2. The number of aryl methyl sites for hydroxylation is 2. The van der Waals surface area contributed by atoms with Crippen molar-refractivity contribution in [3.8, 4) is 0 Å². The lowest BCUT2D eigenvalue weighted by Crippen LogP contribution is -2.59. The lowest BCUT2D eigenvalue weighted by atomic mass is 9.74. The first-order valence-corrected chi connectivity index (χ1v) is 17.3. The summed E-state index contributed by atoms with van der Waals surface area (Å²) >= 11 is 0. The summed E-state index contributed by atoms with van der Waals surface area (Å²) in [5.74, 6) is -3.82. The minimum absolute atomic E-state index is 0.111. The first-order chi connectivity index (χ1) is 23.4. The minimum Gasteiger partial charge on any atom is -0.455 e. The van der Waals surface area contributed by atoms with Crippen molar-refractivity contribution in [2.75, 3.05) is 25.1 Å². The van der Waals surface area contributed by atoms with Crippen molar-refractivity contribution in [3.63, 3.8) is 0 Å². The normalized spacial score (nSPS) is 31.8. The molecule has 0 unspecified atom stereocenters. The Morgan fingerprint density at radius 3 is 2.43 bits per heavy atom. The summed E-state index contributed by atoms with van der Waals surface area (Å²) < 4.78 is 12.9. The van der Waals surface area contributed by atoms with Crippen LogP contribution in [0, 0.1) is 31.6 Å². The van der Waals surface area contributed by atoms with Gasteiger partial charge < -0.3 is 29.3 Å². The topological polar surface area (TPSA) is 117 Å². The second kappa shape index (κ2) is 13.6. The fraction of sp³-hybridized carbons (Fsp3) is 0.487. The Morgan fingerprint density at radius 2 is 1.73 bits per heavy atom. The number of anilines is 1. The predicted octanol–water partition coefficient (Wildman–Crippen LogP) is 4.29. The molecule has 6 rings (SSSR count). The van der Waals surface area contributed by atoms with Crippen LogP contribution in [-0.4, -0.2) is 88.6 Å². The van der Waals surface area contributed by atoms with Crippen molar-refractivity contribution < 1.29 is 33.8 Å². The van der Waals surface area contributed by atoms with E-state index in [9.17, 15) is 19.5 Å². The van der Waals surface area contributed by atoms with Gasteiger partial charge in [0, 0.05) is 25.7 Å². The van der Waals surface area contributed by atoms with Gasteiger partial charge in [-0.15, -0.1) is 0 Å². The molecule has 1 N–H and O–H groups in total. The Kier molecular flexibility index (Phi) is 9.57. The third-order valence-electron chi connectivity index (χ3n) is 10.8. The number of benzene rings is 2. The maximum absolute atomic E-state index is 15.2. The molecule has 4 aliphatic heterocycles. The largest absolute Gasteiger partial charge is 0.455 e. The van der Waals surface area contributed by atoms with Gasteiger partial charge in [0.1, 0.15) is 23.7 Å². The zero-order valence-electron chi connectivity index (χ0n) is 29.1. The van der Waals surface area contributed by atoms with Crippen molar-refractivity contribution in [2.24, 2.45) is 17.8 Å². The van der Waals surface area contributed by atoms with Crippen LogP contribution in [-0.2, 0) is 28.7 Å². The van der Waals surface area contributed by atoms with Crippen LogP contribution in [0.5, 0.6) is 0 Å². The van der Waals surface area contributed by atoms with Crippen LogP contribution in [0.3, 0.4) is 0 Å². The maximum atomic E-state index is 15.2. The molecule has 1 spiro atoms. The van der Waals surface area contributed by atoms with Crippen LogP contribution in [0.1, 0.15) is 56.4 Å². The van der Waals surface area contributed by atoms with Crippen LogP contribution in [0.2, 0.25) is 0 Å². The van der Waals surface area contributed by atoms with Crippen molar-refractivity contribution in [2.45, 2.75) is 83.4 Å². The zero-order valence-corrected chi connectivity index (χ0v) is 29.1. The standard InChI is InChI=1S/C39H47N3O7/c1-23(2)29(22-43)42-35-37(46)41(28-21-24(3)16-17-25(28)4)20-12-8-11-15-31(44)40(6)26(5)34(27-13-9-7-10-14-27)48-38(47)32-30-18-19-39(35,49-30)33(32)36(42)45/h7-10,12-14,16-19,21,23,26,29-30,32-35,43H,11,15,20,22H2,1-6H3/b12-8-/t26-,29+,30+,32-,33-,34+,35+,39-/m1/s1. The number of allylic oxidation sites excluding steroid dienone is 1. The van der Waals surface area contributed by atoms with E-state index < -0.39 is 59.6 Å². The van der Waals surface area contributed by atoms with Crippen molar-refractivity contribution in [3.05, 3.63) is 89.5 Å². The first kappa shape index (κ1) is 34.6. The average Bonchev–Trinajstić information content (AvgIpc) is 3.73. The molecule has 10 nitrogen and oxygen atoms in total. The van der Waals surface area contributed by atoms with Gasteiger partial charge in [0.05, 0.1) is 30.7 Å². The summed E-state index contributed by atoms with van der Waals surface area (Å²) in [7, 11) is 1.71. The Hall–Kier alpha value is -4.28. The van der Waals surface area contributed by atoms with Gasteiger partial charge in [0.25, 0.3) is 5.91 Å². The molecular weight excluding hydrogens is 622 g/mol. The Labute approximate surface area is 288 Å². The number of nitrogens with zero attached hydrogens (tertiary/aromatic N) is 3. The monoisotopic (exact) mass is 669 g/mol. The lowest BCUT2D eigenvalue weighted by Gasteiger charge is -2.40.